The summed E-state index contributed by atoms with van der Waals surface area (Å²) >= 11 is 17.6. The Morgan fingerprint density at radius 2 is 1.42 bits per heavy atom. The highest BCUT2D eigenvalue weighted by Gasteiger charge is 2.17. The Hall–Kier alpha value is -3.65. The number of benzene rings is 3. The molecule has 0 saturated carbocycles. The number of amides is 2. The van der Waals surface area contributed by atoms with E-state index in [1.165, 1.54) is 6.07 Å². The van der Waals surface area contributed by atoms with Crippen molar-refractivity contribution < 1.29 is 14.0 Å². The van der Waals surface area contributed by atoms with Crippen molar-refractivity contribution in [2.75, 3.05) is 10.6 Å². The van der Waals surface area contributed by atoms with Gasteiger partial charge in [0.1, 0.15) is 5.76 Å². The first-order valence-corrected chi connectivity index (χ1v) is 12.9. The molecule has 0 aliphatic heterocycles. The van der Waals surface area contributed by atoms with E-state index in [1.807, 2.05) is 24.3 Å². The van der Waals surface area contributed by atoms with Crippen LogP contribution in [0.15, 0.2) is 83.3 Å². The van der Waals surface area contributed by atoms with Crippen LogP contribution in [0.25, 0.3) is 11.3 Å². The van der Waals surface area contributed by atoms with Gasteiger partial charge in [0.05, 0.1) is 10.0 Å². The third-order valence-electron chi connectivity index (χ3n) is 5.69. The fourth-order valence-electron chi connectivity index (χ4n) is 3.59. The third-order valence-corrected chi connectivity index (χ3v) is 6.71. The summed E-state index contributed by atoms with van der Waals surface area (Å²) in [6.45, 7) is 6.38. The van der Waals surface area contributed by atoms with Crippen molar-refractivity contribution >= 4 is 63.7 Å². The second kappa shape index (κ2) is 11.4. The summed E-state index contributed by atoms with van der Waals surface area (Å²) in [5, 5.41) is 9.20. The standard InChI is InChI=1S/C29H25Cl2N3O3S/c1-29(2,3)18-9-7-17(8-10-18)26(35)32-19-11-13-20(14-12-19)33-28(38)34-27(36)24-16-15-23(37-24)21-5-4-6-22(30)25(21)31/h4-16H,1-3H3,(H,32,35)(H2,33,34,36,38). The van der Waals surface area contributed by atoms with Gasteiger partial charge < -0.3 is 15.1 Å². The molecule has 194 valence electrons. The molecule has 0 unspecified atom stereocenters. The Morgan fingerprint density at radius 3 is 2.05 bits per heavy atom. The Kier molecular flexibility index (Phi) is 8.21. The minimum Gasteiger partial charge on any atom is -0.451 e. The van der Waals surface area contributed by atoms with Crippen LogP contribution in [-0.2, 0) is 5.41 Å². The summed E-state index contributed by atoms with van der Waals surface area (Å²) in [6, 6.07) is 22.8. The maximum absolute atomic E-state index is 12.6. The quantitative estimate of drug-likeness (QED) is 0.214. The van der Waals surface area contributed by atoms with Gasteiger partial charge in [0.2, 0.25) is 0 Å². The molecule has 0 atom stereocenters. The number of nitrogens with one attached hydrogen (secondary N) is 3. The molecule has 1 aromatic heterocycles. The predicted octanol–water partition coefficient (Wildman–Crippen LogP) is 7.93. The van der Waals surface area contributed by atoms with Crippen LogP contribution in [0.3, 0.4) is 0 Å². The van der Waals surface area contributed by atoms with E-state index in [0.717, 1.165) is 5.56 Å². The van der Waals surface area contributed by atoms with Crippen molar-refractivity contribution in [3.05, 3.63) is 106 Å². The molecule has 0 saturated heterocycles. The number of hydrogen-bond acceptors (Lipinski definition) is 4. The summed E-state index contributed by atoms with van der Waals surface area (Å²) in [6.07, 6.45) is 0. The molecule has 1 heterocycles. The monoisotopic (exact) mass is 565 g/mol. The van der Waals surface area contributed by atoms with Gasteiger partial charge in [-0.05, 0) is 83.9 Å². The summed E-state index contributed by atoms with van der Waals surface area (Å²) in [4.78, 5) is 25.2. The SMILES string of the molecule is CC(C)(C)c1ccc(C(=O)Nc2ccc(NC(=S)NC(=O)c3ccc(-c4cccc(Cl)c4Cl)o3)cc2)cc1. The highest BCUT2D eigenvalue weighted by Crippen LogP contribution is 2.34. The van der Waals surface area contributed by atoms with Gasteiger partial charge in [-0.25, -0.2) is 0 Å². The Labute approximate surface area is 236 Å². The van der Waals surface area contributed by atoms with Crippen LogP contribution in [0.2, 0.25) is 10.0 Å². The summed E-state index contributed by atoms with van der Waals surface area (Å²) in [7, 11) is 0. The average Bonchev–Trinajstić information content (AvgIpc) is 3.37. The molecule has 2 amide bonds. The van der Waals surface area contributed by atoms with Gasteiger partial charge in [-0.3, -0.25) is 14.9 Å². The first-order chi connectivity index (χ1) is 18.0. The molecule has 0 radical (unpaired) electrons. The number of hydrogen-bond donors (Lipinski definition) is 3. The second-order valence-corrected chi connectivity index (χ2v) is 10.7. The maximum atomic E-state index is 12.6. The van der Waals surface area contributed by atoms with Gasteiger partial charge in [-0.15, -0.1) is 0 Å². The number of rotatable bonds is 5. The van der Waals surface area contributed by atoms with Crippen molar-refractivity contribution in [2.45, 2.75) is 26.2 Å². The molecule has 0 bridgehead atoms. The Bertz CT molecular complexity index is 1490. The molecule has 4 rings (SSSR count). The number of halogens is 2. The smallest absolute Gasteiger partial charge is 0.293 e. The minimum absolute atomic E-state index is 0.0179. The molecule has 4 aromatic rings. The van der Waals surface area contributed by atoms with Gasteiger partial charge in [-0.1, -0.05) is 62.2 Å². The molecule has 0 fully saturated rings. The van der Waals surface area contributed by atoms with Gasteiger partial charge in [0.25, 0.3) is 11.8 Å². The third kappa shape index (κ3) is 6.61. The van der Waals surface area contributed by atoms with E-state index in [0.29, 0.717) is 38.3 Å². The molecule has 0 aliphatic rings. The fraction of sp³-hybridized carbons (Fsp3) is 0.138. The molecule has 0 spiro atoms. The van der Waals surface area contributed by atoms with Gasteiger partial charge >= 0.3 is 0 Å². The maximum Gasteiger partial charge on any atom is 0.293 e. The minimum atomic E-state index is -0.520. The van der Waals surface area contributed by atoms with Crippen molar-refractivity contribution in [3.63, 3.8) is 0 Å². The summed E-state index contributed by atoms with van der Waals surface area (Å²) in [5.74, 6) is -0.253. The Balaban J connectivity index is 1.32. The molecular weight excluding hydrogens is 541 g/mol. The van der Waals surface area contributed by atoms with E-state index in [4.69, 9.17) is 39.8 Å². The van der Waals surface area contributed by atoms with Crippen LogP contribution in [0.5, 0.6) is 0 Å². The van der Waals surface area contributed by atoms with Crippen LogP contribution in [0, 0.1) is 0 Å². The van der Waals surface area contributed by atoms with Crippen molar-refractivity contribution in [2.24, 2.45) is 0 Å². The van der Waals surface area contributed by atoms with E-state index >= 15 is 0 Å². The normalized spacial score (nSPS) is 11.1. The van der Waals surface area contributed by atoms with E-state index in [9.17, 15) is 9.59 Å². The fourth-order valence-corrected chi connectivity index (χ4v) is 4.19. The summed E-state index contributed by atoms with van der Waals surface area (Å²) in [5.41, 5.74) is 3.58. The molecule has 9 heteroatoms. The molecule has 3 aromatic carbocycles. The number of anilines is 2. The molecule has 6 nitrogen and oxygen atoms in total. The first-order valence-electron chi connectivity index (χ1n) is 11.7. The lowest BCUT2D eigenvalue weighted by Crippen LogP contribution is -2.33. The molecule has 3 N–H and O–H groups in total. The first kappa shape index (κ1) is 27.4. The molecular formula is C29H25Cl2N3O3S. The number of thiocarbonyl (C=S) groups is 1. The van der Waals surface area contributed by atoms with E-state index in [1.54, 1.807) is 48.5 Å². The van der Waals surface area contributed by atoms with Gasteiger partial charge in [0.15, 0.2) is 10.9 Å². The highest BCUT2D eigenvalue weighted by molar-refractivity contribution is 7.80. The van der Waals surface area contributed by atoms with Gasteiger partial charge in [-0.2, -0.15) is 0 Å². The van der Waals surface area contributed by atoms with Crippen LogP contribution in [0.1, 0.15) is 47.2 Å². The lowest BCUT2D eigenvalue weighted by Gasteiger charge is -2.19. The van der Waals surface area contributed by atoms with Crippen LogP contribution in [0.4, 0.5) is 11.4 Å². The number of carbonyl (C=O) groups is 2. The number of furan rings is 1. The van der Waals surface area contributed by atoms with E-state index < -0.39 is 5.91 Å². The zero-order chi connectivity index (χ0) is 27.4. The van der Waals surface area contributed by atoms with Crippen LogP contribution in [-0.4, -0.2) is 16.9 Å². The summed E-state index contributed by atoms with van der Waals surface area (Å²) < 4.78 is 5.65. The lowest BCUT2D eigenvalue weighted by atomic mass is 9.87. The van der Waals surface area contributed by atoms with Crippen molar-refractivity contribution in [3.8, 4) is 11.3 Å². The van der Waals surface area contributed by atoms with E-state index in [2.05, 4.69) is 36.7 Å². The van der Waals surface area contributed by atoms with Gasteiger partial charge in [0, 0.05) is 22.5 Å². The largest absolute Gasteiger partial charge is 0.451 e. The number of carbonyl (C=O) groups excluding carboxylic acids is 2. The highest BCUT2D eigenvalue weighted by atomic mass is 35.5. The second-order valence-electron chi connectivity index (χ2n) is 9.53. The molecule has 38 heavy (non-hydrogen) atoms. The zero-order valence-electron chi connectivity index (χ0n) is 20.9. The van der Waals surface area contributed by atoms with Crippen LogP contribution >= 0.6 is 35.4 Å². The van der Waals surface area contributed by atoms with E-state index in [-0.39, 0.29) is 22.2 Å². The van der Waals surface area contributed by atoms with Crippen molar-refractivity contribution in [1.82, 2.24) is 5.32 Å². The lowest BCUT2D eigenvalue weighted by molar-refractivity contribution is 0.0950. The van der Waals surface area contributed by atoms with Crippen LogP contribution < -0.4 is 16.0 Å². The topological polar surface area (TPSA) is 83.4 Å². The molecule has 0 aliphatic carbocycles. The average molecular weight is 567 g/mol. The van der Waals surface area contributed by atoms with Crippen molar-refractivity contribution in [1.29, 1.82) is 0 Å². The zero-order valence-corrected chi connectivity index (χ0v) is 23.2. The predicted molar refractivity (Wildman–Crippen MR) is 157 cm³/mol. The Morgan fingerprint density at radius 1 is 0.789 bits per heavy atom.